The van der Waals surface area contributed by atoms with Crippen molar-refractivity contribution in [3.63, 3.8) is 0 Å². The van der Waals surface area contributed by atoms with E-state index in [4.69, 9.17) is 9.47 Å². The molecule has 9 nitrogen and oxygen atoms in total. The molecule has 4 rings (SSSR count). The van der Waals surface area contributed by atoms with Crippen LogP contribution in [-0.4, -0.2) is 87.6 Å². The number of nitrogens with zero attached hydrogens (tertiary/aromatic N) is 6. The van der Waals surface area contributed by atoms with E-state index in [1.54, 1.807) is 4.68 Å². The number of carbonyl (C=O) groups excluding carboxylic acids is 1. The van der Waals surface area contributed by atoms with E-state index < -0.39 is 0 Å². The zero-order valence-electron chi connectivity index (χ0n) is 18.7. The molecule has 1 aliphatic rings. The van der Waals surface area contributed by atoms with E-state index in [0.717, 1.165) is 31.1 Å². The van der Waals surface area contributed by atoms with Crippen molar-refractivity contribution in [2.45, 2.75) is 12.1 Å². The molecule has 0 N–H and O–H groups in total. The number of carbonyl (C=O) groups is 1. The first kappa shape index (κ1) is 23.1. The Kier molecular flexibility index (Phi) is 8.15. The van der Waals surface area contributed by atoms with Crippen LogP contribution in [-0.2, 0) is 4.79 Å². The first-order valence-electron chi connectivity index (χ1n) is 11.1. The highest BCUT2D eigenvalue weighted by molar-refractivity contribution is 7.99. The summed E-state index contributed by atoms with van der Waals surface area (Å²) in [6.45, 7) is 7.07. The maximum Gasteiger partial charge on any atom is 0.233 e. The van der Waals surface area contributed by atoms with Crippen LogP contribution < -0.4 is 9.47 Å². The third-order valence-electron chi connectivity index (χ3n) is 5.30. The highest BCUT2D eigenvalue weighted by atomic mass is 32.2. The van der Waals surface area contributed by atoms with Crippen LogP contribution in [0.15, 0.2) is 59.8 Å². The molecule has 0 aliphatic carbocycles. The van der Waals surface area contributed by atoms with E-state index in [2.05, 4.69) is 20.4 Å². The third kappa shape index (κ3) is 6.23. The van der Waals surface area contributed by atoms with Gasteiger partial charge in [0.1, 0.15) is 23.8 Å². The molecule has 1 amide bonds. The number of aromatic nitrogens is 4. The molecule has 0 atom stereocenters. The van der Waals surface area contributed by atoms with Crippen molar-refractivity contribution >= 4 is 17.7 Å². The summed E-state index contributed by atoms with van der Waals surface area (Å²) >= 11 is 1.34. The first-order valence-corrected chi connectivity index (χ1v) is 12.0. The number of ether oxygens (including phenoxy) is 2. The number of tetrazole rings is 1. The van der Waals surface area contributed by atoms with Crippen LogP contribution >= 0.6 is 11.8 Å². The molecule has 2 heterocycles. The fourth-order valence-corrected chi connectivity index (χ4v) is 4.36. The van der Waals surface area contributed by atoms with Gasteiger partial charge < -0.3 is 14.4 Å². The Balaban J connectivity index is 1.23. The summed E-state index contributed by atoms with van der Waals surface area (Å²) in [6, 6.07) is 17.4. The molecule has 1 fully saturated rings. The van der Waals surface area contributed by atoms with Crippen molar-refractivity contribution in [3.05, 3.63) is 54.6 Å². The molecule has 10 heteroatoms. The number of amides is 1. The van der Waals surface area contributed by atoms with Crippen molar-refractivity contribution in [3.8, 4) is 17.2 Å². The second-order valence-electron chi connectivity index (χ2n) is 7.45. The summed E-state index contributed by atoms with van der Waals surface area (Å²) in [7, 11) is 0. The summed E-state index contributed by atoms with van der Waals surface area (Å²) in [5, 5.41) is 12.5. The Bertz CT molecular complexity index is 1020. The predicted octanol–water partition coefficient (Wildman–Crippen LogP) is 2.38. The molecule has 0 spiro atoms. The van der Waals surface area contributed by atoms with E-state index in [1.165, 1.54) is 11.8 Å². The minimum atomic E-state index is 0.0906. The standard InChI is InChI=1S/C23H28N6O3S/c1-2-31-21-11-7-6-10-20(21)29-23(24-25-26-29)33-18-22(30)28-14-12-27(13-15-28)16-17-32-19-8-4-3-5-9-19/h3-11H,2,12-18H2,1H3. The Hall–Kier alpha value is -3.11. The summed E-state index contributed by atoms with van der Waals surface area (Å²) in [5.74, 6) is 1.96. The Morgan fingerprint density at radius 1 is 1.00 bits per heavy atom. The van der Waals surface area contributed by atoms with Crippen molar-refractivity contribution in [2.24, 2.45) is 0 Å². The van der Waals surface area contributed by atoms with Gasteiger partial charge in [0.2, 0.25) is 11.1 Å². The second kappa shape index (κ2) is 11.7. The van der Waals surface area contributed by atoms with Gasteiger partial charge in [-0.2, -0.15) is 4.68 Å². The van der Waals surface area contributed by atoms with Gasteiger partial charge in [-0.15, -0.1) is 5.10 Å². The van der Waals surface area contributed by atoms with Gasteiger partial charge in [-0.05, 0) is 41.6 Å². The van der Waals surface area contributed by atoms with Gasteiger partial charge in [0, 0.05) is 32.7 Å². The van der Waals surface area contributed by atoms with Gasteiger partial charge in [0.05, 0.1) is 12.4 Å². The average molecular weight is 469 g/mol. The summed E-state index contributed by atoms with van der Waals surface area (Å²) in [5.41, 5.74) is 0.755. The summed E-state index contributed by atoms with van der Waals surface area (Å²) in [4.78, 5) is 17.0. The van der Waals surface area contributed by atoms with Gasteiger partial charge in [-0.3, -0.25) is 9.69 Å². The van der Waals surface area contributed by atoms with Gasteiger partial charge in [-0.1, -0.05) is 42.1 Å². The average Bonchev–Trinajstić information content (AvgIpc) is 3.33. The zero-order valence-corrected chi connectivity index (χ0v) is 19.5. The van der Waals surface area contributed by atoms with Crippen LogP contribution in [0.5, 0.6) is 11.5 Å². The number of thioether (sulfide) groups is 1. The van der Waals surface area contributed by atoms with Crippen molar-refractivity contribution in [1.29, 1.82) is 0 Å². The molecular formula is C23H28N6O3S. The highest BCUT2D eigenvalue weighted by Gasteiger charge is 2.22. The summed E-state index contributed by atoms with van der Waals surface area (Å²) < 4.78 is 13.1. The van der Waals surface area contributed by atoms with Crippen LogP contribution in [0.3, 0.4) is 0 Å². The first-order chi connectivity index (χ1) is 16.2. The van der Waals surface area contributed by atoms with E-state index in [9.17, 15) is 4.79 Å². The third-order valence-corrected chi connectivity index (χ3v) is 6.21. The van der Waals surface area contributed by atoms with E-state index >= 15 is 0 Å². The number of rotatable bonds is 10. The molecule has 1 aromatic heterocycles. The normalized spacial score (nSPS) is 14.3. The number of benzene rings is 2. The zero-order chi connectivity index (χ0) is 22.9. The number of para-hydroxylation sites is 3. The largest absolute Gasteiger partial charge is 0.492 e. The van der Waals surface area contributed by atoms with Crippen molar-refractivity contribution < 1.29 is 14.3 Å². The lowest BCUT2D eigenvalue weighted by atomic mass is 10.3. The fraction of sp³-hybridized carbons (Fsp3) is 0.391. The smallest absolute Gasteiger partial charge is 0.233 e. The lowest BCUT2D eigenvalue weighted by Crippen LogP contribution is -2.50. The molecule has 0 bridgehead atoms. The molecular weight excluding hydrogens is 440 g/mol. The van der Waals surface area contributed by atoms with E-state index in [1.807, 2.05) is 66.4 Å². The number of piperazine rings is 1. The van der Waals surface area contributed by atoms with Crippen LogP contribution in [0.2, 0.25) is 0 Å². The quantitative estimate of drug-likeness (QED) is 0.419. The SMILES string of the molecule is CCOc1ccccc1-n1nnnc1SCC(=O)N1CCN(CCOc2ccccc2)CC1. The van der Waals surface area contributed by atoms with Crippen LogP contribution in [0.4, 0.5) is 0 Å². The Morgan fingerprint density at radius 2 is 1.76 bits per heavy atom. The molecule has 0 saturated carbocycles. The maximum atomic E-state index is 12.8. The van der Waals surface area contributed by atoms with Gasteiger partial charge >= 0.3 is 0 Å². The molecule has 174 valence electrons. The minimum Gasteiger partial charge on any atom is -0.492 e. The van der Waals surface area contributed by atoms with E-state index in [0.29, 0.717) is 37.2 Å². The highest BCUT2D eigenvalue weighted by Crippen LogP contribution is 2.26. The topological polar surface area (TPSA) is 85.6 Å². The molecule has 33 heavy (non-hydrogen) atoms. The van der Waals surface area contributed by atoms with Crippen molar-refractivity contribution in [1.82, 2.24) is 30.0 Å². The fourth-order valence-electron chi connectivity index (χ4n) is 3.58. The molecule has 1 saturated heterocycles. The van der Waals surface area contributed by atoms with Gasteiger partial charge in [0.15, 0.2) is 0 Å². The number of hydrogen-bond donors (Lipinski definition) is 0. The Labute approximate surface area is 197 Å². The number of hydrogen-bond acceptors (Lipinski definition) is 8. The van der Waals surface area contributed by atoms with Gasteiger partial charge in [-0.25, -0.2) is 0 Å². The van der Waals surface area contributed by atoms with Crippen LogP contribution in [0.25, 0.3) is 5.69 Å². The Morgan fingerprint density at radius 3 is 2.55 bits per heavy atom. The van der Waals surface area contributed by atoms with E-state index in [-0.39, 0.29) is 11.7 Å². The summed E-state index contributed by atoms with van der Waals surface area (Å²) in [6.07, 6.45) is 0. The molecule has 0 unspecified atom stereocenters. The molecule has 1 aliphatic heterocycles. The minimum absolute atomic E-state index is 0.0906. The van der Waals surface area contributed by atoms with Crippen molar-refractivity contribution in [2.75, 3.05) is 51.7 Å². The van der Waals surface area contributed by atoms with Gasteiger partial charge in [0.25, 0.3) is 0 Å². The second-order valence-corrected chi connectivity index (χ2v) is 8.39. The molecule has 2 aromatic carbocycles. The lowest BCUT2D eigenvalue weighted by molar-refractivity contribution is -0.130. The predicted molar refractivity (Wildman–Crippen MR) is 126 cm³/mol. The van der Waals surface area contributed by atoms with Crippen LogP contribution in [0, 0.1) is 0 Å². The molecule has 3 aromatic rings. The maximum absolute atomic E-state index is 12.8. The molecule has 0 radical (unpaired) electrons. The monoisotopic (exact) mass is 468 g/mol. The lowest BCUT2D eigenvalue weighted by Gasteiger charge is -2.34. The van der Waals surface area contributed by atoms with Crippen LogP contribution in [0.1, 0.15) is 6.92 Å².